The lowest BCUT2D eigenvalue weighted by molar-refractivity contribution is 0.0953. The Morgan fingerprint density at radius 2 is 1.95 bits per heavy atom. The summed E-state index contributed by atoms with van der Waals surface area (Å²) in [6.45, 7) is 3.55. The third-order valence-electron chi connectivity index (χ3n) is 2.97. The van der Waals surface area contributed by atoms with Crippen LogP contribution in [0.25, 0.3) is 6.08 Å². The van der Waals surface area contributed by atoms with E-state index < -0.39 is 0 Å². The molecule has 22 heavy (non-hydrogen) atoms. The first-order chi connectivity index (χ1) is 10.7. The van der Waals surface area contributed by atoms with E-state index in [0.29, 0.717) is 17.0 Å². The number of furan rings is 1. The van der Waals surface area contributed by atoms with Crippen molar-refractivity contribution in [3.63, 3.8) is 0 Å². The molecule has 0 spiro atoms. The van der Waals surface area contributed by atoms with E-state index in [1.807, 2.05) is 61.6 Å². The van der Waals surface area contributed by atoms with Gasteiger partial charge in [0.2, 0.25) is 0 Å². The van der Waals surface area contributed by atoms with Crippen LogP contribution < -0.4 is 5.43 Å². The SMILES string of the molecule is CC(/C=C/C=C/c1ccccc1)=N/NC(=O)c1ccoc1C. The highest BCUT2D eigenvalue weighted by molar-refractivity contribution is 5.98. The molecule has 0 aliphatic carbocycles. The summed E-state index contributed by atoms with van der Waals surface area (Å²) in [7, 11) is 0. The number of nitrogens with one attached hydrogen (secondary N) is 1. The van der Waals surface area contributed by atoms with Crippen molar-refractivity contribution in [1.82, 2.24) is 5.43 Å². The molecule has 1 aromatic heterocycles. The van der Waals surface area contributed by atoms with E-state index in [9.17, 15) is 4.79 Å². The van der Waals surface area contributed by atoms with Crippen LogP contribution in [-0.4, -0.2) is 11.6 Å². The van der Waals surface area contributed by atoms with Crippen LogP contribution >= 0.6 is 0 Å². The summed E-state index contributed by atoms with van der Waals surface area (Å²) in [5.74, 6) is 0.297. The average Bonchev–Trinajstić information content (AvgIpc) is 2.96. The summed E-state index contributed by atoms with van der Waals surface area (Å²) < 4.78 is 5.08. The number of rotatable bonds is 5. The van der Waals surface area contributed by atoms with E-state index in [4.69, 9.17) is 4.42 Å². The second-order valence-electron chi connectivity index (χ2n) is 4.71. The molecule has 2 aromatic rings. The summed E-state index contributed by atoms with van der Waals surface area (Å²) in [4.78, 5) is 11.8. The zero-order chi connectivity index (χ0) is 15.8. The zero-order valence-corrected chi connectivity index (χ0v) is 12.6. The van der Waals surface area contributed by atoms with Gasteiger partial charge < -0.3 is 4.42 Å². The first-order valence-electron chi connectivity index (χ1n) is 6.95. The molecule has 0 aliphatic rings. The predicted octanol–water partition coefficient (Wildman–Crippen LogP) is 3.96. The van der Waals surface area contributed by atoms with Crippen molar-refractivity contribution < 1.29 is 9.21 Å². The standard InChI is InChI=1S/C18H18N2O2/c1-14(8-6-7-11-16-9-4-3-5-10-16)19-20-18(21)17-12-13-22-15(17)2/h3-13H,1-2H3,(H,20,21)/b8-6+,11-7+,19-14-. The number of hydrogen-bond donors (Lipinski definition) is 1. The van der Waals surface area contributed by atoms with Crippen LogP contribution in [0.2, 0.25) is 0 Å². The number of aryl methyl sites for hydroxylation is 1. The largest absolute Gasteiger partial charge is 0.469 e. The fourth-order valence-electron chi connectivity index (χ4n) is 1.78. The molecule has 0 aliphatic heterocycles. The maximum atomic E-state index is 11.8. The third kappa shape index (κ3) is 4.59. The Kier molecular flexibility index (Phi) is 5.49. The van der Waals surface area contributed by atoms with Crippen molar-refractivity contribution in [3.8, 4) is 0 Å². The van der Waals surface area contributed by atoms with Gasteiger partial charge in [0.05, 0.1) is 17.5 Å². The van der Waals surface area contributed by atoms with Crippen LogP contribution in [0.15, 0.2) is 70.4 Å². The molecule has 0 bridgehead atoms. The minimum absolute atomic E-state index is 0.279. The highest BCUT2D eigenvalue weighted by atomic mass is 16.3. The van der Waals surface area contributed by atoms with Gasteiger partial charge in [0.1, 0.15) is 5.76 Å². The molecule has 0 atom stereocenters. The lowest BCUT2D eigenvalue weighted by Gasteiger charge is -1.98. The van der Waals surface area contributed by atoms with E-state index in [2.05, 4.69) is 10.5 Å². The zero-order valence-electron chi connectivity index (χ0n) is 12.6. The van der Waals surface area contributed by atoms with E-state index in [1.54, 1.807) is 13.0 Å². The number of allylic oxidation sites excluding steroid dienone is 3. The predicted molar refractivity (Wildman–Crippen MR) is 88.6 cm³/mol. The van der Waals surface area contributed by atoms with Crippen LogP contribution in [0, 0.1) is 6.92 Å². The van der Waals surface area contributed by atoms with E-state index in [0.717, 1.165) is 5.56 Å². The van der Waals surface area contributed by atoms with Gasteiger partial charge in [-0.3, -0.25) is 4.79 Å². The highest BCUT2D eigenvalue weighted by Crippen LogP contribution is 2.07. The van der Waals surface area contributed by atoms with E-state index >= 15 is 0 Å². The van der Waals surface area contributed by atoms with Gasteiger partial charge in [-0.05, 0) is 31.6 Å². The smallest absolute Gasteiger partial charge is 0.274 e. The summed E-state index contributed by atoms with van der Waals surface area (Å²) in [6.07, 6.45) is 9.10. The van der Waals surface area contributed by atoms with Crippen LogP contribution in [0.5, 0.6) is 0 Å². The Labute approximate surface area is 129 Å². The Morgan fingerprint density at radius 3 is 2.64 bits per heavy atom. The van der Waals surface area contributed by atoms with E-state index in [1.165, 1.54) is 6.26 Å². The lowest BCUT2D eigenvalue weighted by atomic mass is 10.2. The Balaban J connectivity index is 1.87. The first-order valence-corrected chi connectivity index (χ1v) is 6.95. The van der Waals surface area contributed by atoms with Gasteiger partial charge in [0, 0.05) is 0 Å². The molecule has 1 N–H and O–H groups in total. The van der Waals surface area contributed by atoms with Crippen LogP contribution in [-0.2, 0) is 0 Å². The van der Waals surface area contributed by atoms with Crippen molar-refractivity contribution in [1.29, 1.82) is 0 Å². The number of carbonyl (C=O) groups is 1. The topological polar surface area (TPSA) is 54.6 Å². The molecule has 4 heteroatoms. The number of benzene rings is 1. The van der Waals surface area contributed by atoms with Gasteiger partial charge in [-0.25, -0.2) is 5.43 Å². The first kappa shape index (κ1) is 15.5. The summed E-state index contributed by atoms with van der Waals surface area (Å²) >= 11 is 0. The number of amides is 1. The Morgan fingerprint density at radius 1 is 1.18 bits per heavy atom. The molecule has 0 radical (unpaired) electrons. The molecule has 112 valence electrons. The monoisotopic (exact) mass is 294 g/mol. The molecular formula is C18H18N2O2. The summed E-state index contributed by atoms with van der Waals surface area (Å²) in [5.41, 5.74) is 4.82. The number of nitrogens with zero attached hydrogens (tertiary/aromatic N) is 1. The number of hydrogen-bond acceptors (Lipinski definition) is 3. The molecule has 1 amide bonds. The van der Waals surface area contributed by atoms with Crippen LogP contribution in [0.3, 0.4) is 0 Å². The minimum Gasteiger partial charge on any atom is -0.469 e. The van der Waals surface area contributed by atoms with Gasteiger partial charge in [0.15, 0.2) is 0 Å². The summed E-state index contributed by atoms with van der Waals surface area (Å²) in [6, 6.07) is 11.6. The molecule has 1 aromatic carbocycles. The molecule has 0 saturated carbocycles. The molecule has 0 saturated heterocycles. The van der Waals surface area contributed by atoms with Crippen LogP contribution in [0.1, 0.15) is 28.6 Å². The summed E-state index contributed by atoms with van der Waals surface area (Å²) in [5, 5.41) is 4.02. The fourth-order valence-corrected chi connectivity index (χ4v) is 1.78. The lowest BCUT2D eigenvalue weighted by Crippen LogP contribution is -2.18. The number of carbonyl (C=O) groups excluding carboxylic acids is 1. The van der Waals surface area contributed by atoms with Gasteiger partial charge in [-0.2, -0.15) is 5.10 Å². The maximum absolute atomic E-state index is 11.8. The second kappa shape index (κ2) is 7.78. The molecule has 1 heterocycles. The maximum Gasteiger partial charge on any atom is 0.274 e. The van der Waals surface area contributed by atoms with Crippen molar-refractivity contribution >= 4 is 17.7 Å². The van der Waals surface area contributed by atoms with Gasteiger partial charge in [-0.15, -0.1) is 0 Å². The Hall–Kier alpha value is -2.88. The molecular weight excluding hydrogens is 276 g/mol. The van der Waals surface area contributed by atoms with Crippen LogP contribution in [0.4, 0.5) is 0 Å². The van der Waals surface area contributed by atoms with Gasteiger partial charge >= 0.3 is 0 Å². The van der Waals surface area contributed by atoms with Crippen molar-refractivity contribution in [2.75, 3.05) is 0 Å². The third-order valence-corrected chi connectivity index (χ3v) is 2.97. The normalized spacial score (nSPS) is 12.2. The van der Waals surface area contributed by atoms with Crippen molar-refractivity contribution in [3.05, 3.63) is 77.8 Å². The molecule has 0 unspecified atom stereocenters. The van der Waals surface area contributed by atoms with Crippen molar-refractivity contribution in [2.24, 2.45) is 5.10 Å². The van der Waals surface area contributed by atoms with Crippen molar-refractivity contribution in [2.45, 2.75) is 13.8 Å². The highest BCUT2D eigenvalue weighted by Gasteiger charge is 2.09. The Bertz CT molecular complexity index is 710. The minimum atomic E-state index is -0.279. The van der Waals surface area contributed by atoms with Gasteiger partial charge in [-0.1, -0.05) is 48.6 Å². The molecule has 4 nitrogen and oxygen atoms in total. The fraction of sp³-hybridized carbons (Fsp3) is 0.111. The quantitative estimate of drug-likeness (QED) is 0.515. The van der Waals surface area contributed by atoms with E-state index in [-0.39, 0.29) is 5.91 Å². The molecule has 2 rings (SSSR count). The molecule has 0 fully saturated rings. The second-order valence-corrected chi connectivity index (χ2v) is 4.71. The average molecular weight is 294 g/mol. The van der Waals surface area contributed by atoms with Gasteiger partial charge in [0.25, 0.3) is 5.91 Å². The number of hydrazone groups is 1.